The van der Waals surface area contributed by atoms with E-state index in [-0.39, 0.29) is 17.9 Å². The number of alkyl carbamates (subject to hydrolysis) is 1. The minimum atomic E-state index is -0.784. The van der Waals surface area contributed by atoms with Crippen LogP contribution < -0.4 is 16.4 Å². The molecule has 0 radical (unpaired) electrons. The van der Waals surface area contributed by atoms with Gasteiger partial charge in [0.05, 0.1) is 6.61 Å². The summed E-state index contributed by atoms with van der Waals surface area (Å²) in [7, 11) is 0. The van der Waals surface area contributed by atoms with Crippen LogP contribution in [0.1, 0.15) is 86.0 Å². The molecule has 3 amide bonds. The van der Waals surface area contributed by atoms with Crippen molar-refractivity contribution in [2.45, 2.75) is 109 Å². The monoisotopic (exact) mass is 512 g/mol. The topological polar surface area (TPSA) is 114 Å². The summed E-state index contributed by atoms with van der Waals surface area (Å²) in [4.78, 5) is 41.1. The summed E-state index contributed by atoms with van der Waals surface area (Å²) in [5.74, 6) is 1.45. The summed E-state index contributed by atoms with van der Waals surface area (Å²) in [6.45, 7) is 11.7. The van der Waals surface area contributed by atoms with Gasteiger partial charge in [-0.25, -0.2) is 4.79 Å². The van der Waals surface area contributed by atoms with E-state index in [0.29, 0.717) is 38.0 Å². The third kappa shape index (κ3) is 9.48. The van der Waals surface area contributed by atoms with Gasteiger partial charge in [0.25, 0.3) is 0 Å². The number of hydrogen-bond donors (Lipinski definition) is 3. The Kier molecular flexibility index (Phi) is 12.2. The van der Waals surface area contributed by atoms with Crippen molar-refractivity contribution in [3.63, 3.8) is 0 Å². The maximum Gasteiger partial charge on any atom is 0.407 e. The molecule has 2 fully saturated rings. The first kappa shape index (κ1) is 29.7. The van der Waals surface area contributed by atoms with Crippen LogP contribution in [-0.4, -0.2) is 71.1 Å². The number of rotatable bonds is 12. The van der Waals surface area contributed by atoms with Crippen molar-refractivity contribution in [1.29, 1.82) is 0 Å². The summed E-state index contributed by atoms with van der Waals surface area (Å²) in [6, 6.07) is -1.01. The minimum absolute atomic E-state index is 0.0948. The van der Waals surface area contributed by atoms with Gasteiger partial charge < -0.3 is 26.0 Å². The number of likely N-dealkylation sites (tertiary alicyclic amines) is 1. The van der Waals surface area contributed by atoms with Gasteiger partial charge in [0.1, 0.15) is 12.1 Å². The van der Waals surface area contributed by atoms with Crippen LogP contribution in [0.25, 0.3) is 0 Å². The van der Waals surface area contributed by atoms with Crippen molar-refractivity contribution >= 4 is 29.7 Å². The lowest BCUT2D eigenvalue weighted by Crippen LogP contribution is -2.60. The molecular formula is C26H48N4O4S. The van der Waals surface area contributed by atoms with E-state index >= 15 is 0 Å². The van der Waals surface area contributed by atoms with Crippen molar-refractivity contribution < 1.29 is 19.1 Å². The molecule has 9 heteroatoms. The zero-order chi connectivity index (χ0) is 26.0. The number of nitrogens with zero attached hydrogens (tertiary/aromatic N) is 1. The van der Waals surface area contributed by atoms with Crippen LogP contribution in [0, 0.1) is 11.8 Å². The number of unbranched alkanes of at least 4 members (excludes halogenated alkanes) is 1. The molecule has 1 saturated heterocycles. The van der Waals surface area contributed by atoms with Gasteiger partial charge in [-0.2, -0.15) is 11.8 Å². The number of thioether (sulfide) groups is 1. The Hall–Kier alpha value is -1.48. The molecule has 202 valence electrons. The van der Waals surface area contributed by atoms with Crippen LogP contribution in [0.2, 0.25) is 0 Å². The number of hydrogen-bond acceptors (Lipinski definition) is 6. The predicted molar refractivity (Wildman–Crippen MR) is 142 cm³/mol. The van der Waals surface area contributed by atoms with Crippen LogP contribution in [0.5, 0.6) is 0 Å². The van der Waals surface area contributed by atoms with E-state index in [4.69, 9.17) is 10.5 Å². The maximum atomic E-state index is 13.8. The summed E-state index contributed by atoms with van der Waals surface area (Å²) in [5, 5.41) is 5.94. The highest BCUT2D eigenvalue weighted by Crippen LogP contribution is 2.33. The van der Waals surface area contributed by atoms with Crippen LogP contribution in [-0.2, 0) is 14.3 Å². The molecule has 0 aromatic heterocycles. The summed E-state index contributed by atoms with van der Waals surface area (Å²) in [5.41, 5.74) is 6.00. The number of nitrogens with one attached hydrogen (secondary N) is 2. The largest absolute Gasteiger partial charge is 0.450 e. The number of carbonyl (C=O) groups excluding carboxylic acids is 3. The second-order valence-electron chi connectivity index (χ2n) is 11.1. The van der Waals surface area contributed by atoms with E-state index in [1.807, 2.05) is 20.8 Å². The molecule has 0 aromatic rings. The van der Waals surface area contributed by atoms with Crippen LogP contribution in [0.15, 0.2) is 0 Å². The van der Waals surface area contributed by atoms with Crippen molar-refractivity contribution in [2.24, 2.45) is 17.6 Å². The third-order valence-corrected chi connectivity index (χ3v) is 8.83. The van der Waals surface area contributed by atoms with Crippen LogP contribution in [0.3, 0.4) is 0 Å². The minimum Gasteiger partial charge on any atom is -0.450 e. The number of carbonyl (C=O) groups is 3. The van der Waals surface area contributed by atoms with E-state index in [1.165, 1.54) is 0 Å². The van der Waals surface area contributed by atoms with Crippen LogP contribution >= 0.6 is 11.8 Å². The SMILES string of the molecule is CCCCOC(=O)N[C@@H](C(=O)N1CCC[C@H]1C(=O)NCC1CCC(N)CC1)C(C)(C)SCC(C)C. The first-order valence-electron chi connectivity index (χ1n) is 13.5. The molecule has 1 aliphatic carbocycles. The number of nitrogens with two attached hydrogens (primary N) is 1. The van der Waals surface area contributed by atoms with Crippen molar-refractivity contribution in [3.05, 3.63) is 0 Å². The first-order valence-corrected chi connectivity index (χ1v) is 14.4. The molecule has 1 saturated carbocycles. The Morgan fingerprint density at radius 1 is 1.14 bits per heavy atom. The molecule has 1 heterocycles. The van der Waals surface area contributed by atoms with Crippen LogP contribution in [0.4, 0.5) is 4.79 Å². The highest BCUT2D eigenvalue weighted by atomic mass is 32.2. The Labute approximate surface area is 216 Å². The standard InChI is InChI=1S/C26H48N4O4S/c1-6-7-15-34-25(33)29-22(26(4,5)35-17-18(2)3)24(32)30-14-8-9-21(30)23(31)28-16-19-10-12-20(27)13-11-19/h18-22H,6-17,27H2,1-5H3,(H,28,31)(H,29,33)/t19?,20?,21-,22-/m0/s1. The van der Waals surface area contributed by atoms with Gasteiger partial charge in [-0.1, -0.05) is 27.2 Å². The zero-order valence-corrected chi connectivity index (χ0v) is 23.3. The van der Waals surface area contributed by atoms with Gasteiger partial charge in [0, 0.05) is 23.9 Å². The van der Waals surface area contributed by atoms with Gasteiger partial charge in [-0.05, 0) is 76.4 Å². The zero-order valence-electron chi connectivity index (χ0n) is 22.4. The average molecular weight is 513 g/mol. The summed E-state index contributed by atoms with van der Waals surface area (Å²) >= 11 is 1.66. The molecule has 2 atom stereocenters. The lowest BCUT2D eigenvalue weighted by molar-refractivity contribution is -0.140. The second kappa shape index (κ2) is 14.3. The van der Waals surface area contributed by atoms with Crippen molar-refractivity contribution in [1.82, 2.24) is 15.5 Å². The third-order valence-electron chi connectivity index (χ3n) is 7.02. The molecule has 35 heavy (non-hydrogen) atoms. The Morgan fingerprint density at radius 3 is 2.46 bits per heavy atom. The lowest BCUT2D eigenvalue weighted by Gasteiger charge is -2.37. The average Bonchev–Trinajstić information content (AvgIpc) is 3.30. The number of amides is 3. The normalized spacial score (nSPS) is 23.7. The molecule has 0 aromatic carbocycles. The molecular weight excluding hydrogens is 464 g/mol. The Morgan fingerprint density at radius 2 is 1.83 bits per heavy atom. The van der Waals surface area contributed by atoms with Crippen molar-refractivity contribution in [3.8, 4) is 0 Å². The van der Waals surface area contributed by atoms with Gasteiger partial charge in [-0.15, -0.1) is 0 Å². The lowest BCUT2D eigenvalue weighted by atomic mass is 9.86. The van der Waals surface area contributed by atoms with Gasteiger partial charge in [-0.3, -0.25) is 9.59 Å². The second-order valence-corrected chi connectivity index (χ2v) is 12.8. The Bertz CT molecular complexity index is 695. The fourth-order valence-corrected chi connectivity index (χ4v) is 5.78. The molecule has 0 spiro atoms. The highest BCUT2D eigenvalue weighted by Gasteiger charge is 2.44. The van der Waals surface area contributed by atoms with Gasteiger partial charge in [0.15, 0.2) is 0 Å². The fraction of sp³-hybridized carbons (Fsp3) is 0.885. The smallest absolute Gasteiger partial charge is 0.407 e. The summed E-state index contributed by atoms with van der Waals surface area (Å²) < 4.78 is 4.76. The van der Waals surface area contributed by atoms with E-state index < -0.39 is 22.9 Å². The predicted octanol–water partition coefficient (Wildman–Crippen LogP) is 3.67. The van der Waals surface area contributed by atoms with Gasteiger partial charge >= 0.3 is 6.09 Å². The number of ether oxygens (including phenoxy) is 1. The molecule has 2 rings (SSSR count). The molecule has 0 unspecified atom stereocenters. The van der Waals surface area contributed by atoms with Gasteiger partial charge in [0.2, 0.25) is 11.8 Å². The van der Waals surface area contributed by atoms with E-state index in [1.54, 1.807) is 16.7 Å². The Balaban J connectivity index is 2.07. The maximum absolute atomic E-state index is 13.8. The van der Waals surface area contributed by atoms with E-state index in [2.05, 4.69) is 24.5 Å². The molecule has 2 aliphatic rings. The van der Waals surface area contributed by atoms with E-state index in [9.17, 15) is 14.4 Å². The van der Waals surface area contributed by atoms with Crippen molar-refractivity contribution in [2.75, 3.05) is 25.4 Å². The highest BCUT2D eigenvalue weighted by molar-refractivity contribution is 8.00. The molecule has 0 bridgehead atoms. The molecule has 8 nitrogen and oxygen atoms in total. The summed E-state index contributed by atoms with van der Waals surface area (Å²) in [6.07, 6.45) is 6.59. The molecule has 4 N–H and O–H groups in total. The molecule has 1 aliphatic heterocycles. The quantitative estimate of drug-likeness (QED) is 0.344. The fourth-order valence-electron chi connectivity index (χ4n) is 4.69. The van der Waals surface area contributed by atoms with E-state index in [0.717, 1.165) is 50.7 Å². The first-order chi connectivity index (χ1) is 16.5.